The van der Waals surface area contributed by atoms with Crippen molar-refractivity contribution >= 4 is 110 Å². The molecule has 564 valence electrons. The molecule has 2 saturated carbocycles. The van der Waals surface area contributed by atoms with Crippen LogP contribution in [0.5, 0.6) is 5.75 Å². The van der Waals surface area contributed by atoms with Crippen molar-refractivity contribution in [3.8, 4) is 5.75 Å². The molecule has 5 unspecified atom stereocenters. The number of aldehydes is 1. The molecule has 23 nitrogen and oxygen atoms in total. The summed E-state index contributed by atoms with van der Waals surface area (Å²) in [6.45, 7) is 20.3. The number of thiazole rings is 1. The Hall–Kier alpha value is -8.75. The van der Waals surface area contributed by atoms with Crippen molar-refractivity contribution in [2.45, 2.75) is 183 Å². The van der Waals surface area contributed by atoms with Gasteiger partial charge in [-0.25, -0.2) is 19.6 Å². The summed E-state index contributed by atoms with van der Waals surface area (Å²) in [5, 5.41) is 28.7. The molecule has 1 saturated heterocycles. The van der Waals surface area contributed by atoms with Gasteiger partial charge in [0.15, 0.2) is 17.5 Å². The van der Waals surface area contributed by atoms with Crippen LogP contribution in [0.1, 0.15) is 195 Å². The van der Waals surface area contributed by atoms with Crippen LogP contribution < -0.4 is 36.0 Å². The molecule has 4 aliphatic rings. The number of hydrogen-bond acceptors (Lipinski definition) is 19. The van der Waals surface area contributed by atoms with Crippen molar-refractivity contribution in [1.82, 2.24) is 30.4 Å². The summed E-state index contributed by atoms with van der Waals surface area (Å²) in [6.07, 6.45) is 17.2. The van der Waals surface area contributed by atoms with Crippen molar-refractivity contribution in [2.75, 3.05) is 73.8 Å². The molecular formula is C80H104N10O13S2. The molecule has 3 aromatic carbocycles. The maximum atomic E-state index is 14.1. The van der Waals surface area contributed by atoms with Crippen LogP contribution in [0.3, 0.4) is 0 Å². The van der Waals surface area contributed by atoms with Crippen molar-refractivity contribution in [3.05, 3.63) is 142 Å². The Bertz CT molecular complexity index is 4020. The first-order chi connectivity index (χ1) is 50.3. The van der Waals surface area contributed by atoms with Gasteiger partial charge in [-0.1, -0.05) is 118 Å². The van der Waals surface area contributed by atoms with Gasteiger partial charge < -0.3 is 49.8 Å². The normalized spacial score (nSPS) is 20.9. The van der Waals surface area contributed by atoms with Gasteiger partial charge in [-0.3, -0.25) is 44.1 Å². The second kappa shape index (κ2) is 37.5. The van der Waals surface area contributed by atoms with E-state index in [1.165, 1.54) is 29.4 Å². The average molecular weight is 1480 g/mol. The molecule has 2 bridgehead atoms. The summed E-state index contributed by atoms with van der Waals surface area (Å²) in [5.74, 6) is -0.843. The van der Waals surface area contributed by atoms with E-state index >= 15 is 0 Å². The van der Waals surface area contributed by atoms with Gasteiger partial charge in [-0.2, -0.15) is 0 Å². The summed E-state index contributed by atoms with van der Waals surface area (Å²) in [6, 6.07) is 22.7. The molecular weight excluding hydrogens is 1370 g/mol. The van der Waals surface area contributed by atoms with E-state index in [-0.39, 0.29) is 85.2 Å². The van der Waals surface area contributed by atoms with Crippen LogP contribution in [0.2, 0.25) is 0 Å². The number of nitrogens with one attached hydrogen (secondary N) is 4. The summed E-state index contributed by atoms with van der Waals surface area (Å²) >= 11 is 2.65. The molecule has 0 radical (unpaired) electrons. The molecule has 6 amide bonds. The molecule has 105 heavy (non-hydrogen) atoms. The van der Waals surface area contributed by atoms with Crippen LogP contribution in [-0.2, 0) is 51.1 Å². The van der Waals surface area contributed by atoms with E-state index in [1.54, 1.807) is 48.3 Å². The van der Waals surface area contributed by atoms with Crippen molar-refractivity contribution in [3.63, 3.8) is 0 Å². The fourth-order valence-corrected chi connectivity index (χ4v) is 17.0. The number of unbranched alkanes of at least 4 members (excludes halogenated alkanes) is 2. The van der Waals surface area contributed by atoms with E-state index < -0.39 is 41.9 Å². The molecule has 7 N–H and O–H groups in total. The third-order valence-electron chi connectivity index (χ3n) is 19.9. The molecule has 4 heterocycles. The molecule has 3 fully saturated rings. The lowest BCUT2D eigenvalue weighted by Crippen LogP contribution is -2.58. The van der Waals surface area contributed by atoms with E-state index in [2.05, 4.69) is 91.8 Å². The molecule has 2 aliphatic heterocycles. The van der Waals surface area contributed by atoms with Crippen LogP contribution in [0, 0.1) is 16.2 Å². The van der Waals surface area contributed by atoms with Gasteiger partial charge in [-0.05, 0) is 185 Å². The Balaban J connectivity index is 0.825. The zero-order valence-electron chi connectivity index (χ0n) is 62.0. The Kier molecular flexibility index (Phi) is 28.7. The van der Waals surface area contributed by atoms with Crippen LogP contribution >= 0.6 is 23.3 Å². The Morgan fingerprint density at radius 2 is 1.68 bits per heavy atom. The predicted octanol–water partition coefficient (Wildman–Crippen LogP) is 13.8. The lowest BCUT2D eigenvalue weighted by molar-refractivity contribution is -0.191. The smallest absolute Gasteiger partial charge is 0.410 e. The number of nitrogens with zero attached hydrogens (tertiary/aromatic N) is 5. The van der Waals surface area contributed by atoms with Crippen LogP contribution in [0.4, 0.5) is 21.4 Å². The number of fused-ring (bicyclic) bond motifs is 4. The minimum absolute atomic E-state index is 0.00934. The monoisotopic (exact) mass is 1480 g/mol. The minimum atomic E-state index is -1.09. The Morgan fingerprint density at radius 3 is 2.44 bits per heavy atom. The van der Waals surface area contributed by atoms with E-state index in [1.807, 2.05) is 48.5 Å². The number of ether oxygens (including phenoxy) is 4. The number of carboxylic acid groups (broad SMARTS) is 1. The van der Waals surface area contributed by atoms with E-state index in [4.69, 9.17) is 29.1 Å². The lowest BCUT2D eigenvalue weighted by atomic mass is 9.48. The van der Waals surface area contributed by atoms with Crippen LogP contribution in [0.25, 0.3) is 21.9 Å². The summed E-state index contributed by atoms with van der Waals surface area (Å²) < 4.78 is 26.0. The van der Waals surface area contributed by atoms with E-state index in [0.717, 1.165) is 93.5 Å². The summed E-state index contributed by atoms with van der Waals surface area (Å²) in [7, 11) is 0. The van der Waals surface area contributed by atoms with Crippen LogP contribution in [0.15, 0.2) is 108 Å². The first-order valence-electron chi connectivity index (χ1n) is 36.6. The number of carboxylic acids is 1. The zero-order valence-corrected chi connectivity index (χ0v) is 63.6. The fraction of sp³-hybridized carbons (Fsp3) is 0.500. The minimum Gasteiger partial charge on any atom is -0.479 e. The maximum Gasteiger partial charge on any atom is 0.410 e. The first kappa shape index (κ1) is 80.3. The first-order valence-corrected chi connectivity index (χ1v) is 38.5. The second-order valence-corrected chi connectivity index (χ2v) is 31.5. The molecule has 9 rings (SSSR count). The Morgan fingerprint density at radius 1 is 0.857 bits per heavy atom. The number of carbonyl (C=O) groups excluding carboxylic acids is 7. The number of rotatable bonds is 36. The Labute approximate surface area is 625 Å². The number of carbonyl (C=O) groups is 8. The molecule has 5 atom stereocenters. The SMILES string of the molecule is C/C=C\C(=O)N(C=O)CCCCCC(=O)NCCC(=O)Nc1cc(/C=C/COC(=O)N(CCCSN)CCOC23CC(C)(C)CC(C)(CC(C)(CN/C(C)=C(\C=C(/C)CC)c4ccc(N5CCc6cccc(C(=O)Nc7nc8ccccc8s7)c6C5)nc4C=O)C2)C3)ccc1OC1CCCC(C(=O)O)O1. The van der Waals surface area contributed by atoms with Crippen molar-refractivity contribution in [2.24, 2.45) is 21.4 Å². The number of allylic oxidation sites excluding steroid dienone is 5. The molecule has 5 aromatic rings. The molecule has 0 spiro atoms. The van der Waals surface area contributed by atoms with Gasteiger partial charge in [0.25, 0.3) is 11.8 Å². The number of benzene rings is 3. The lowest BCUT2D eigenvalue weighted by Gasteiger charge is -2.61. The quantitative estimate of drug-likeness (QED) is 0.00714. The number of pyridine rings is 1. The highest BCUT2D eigenvalue weighted by Gasteiger charge is 2.58. The number of aromatic nitrogens is 2. The van der Waals surface area contributed by atoms with E-state index in [9.17, 15) is 43.5 Å². The number of nitrogens with two attached hydrogens (primary N) is 1. The average Bonchev–Trinajstić information content (AvgIpc) is 1.10. The van der Waals surface area contributed by atoms with E-state index in [0.29, 0.717) is 117 Å². The number of hydrogen-bond donors (Lipinski definition) is 6. The van der Waals surface area contributed by atoms with Crippen molar-refractivity contribution in [1.29, 1.82) is 0 Å². The highest BCUT2D eigenvalue weighted by atomic mass is 32.2. The number of amides is 6. The standard InChI is InChI=1S/C80H104N10O13S2/c1-9-20-71(95)90(53-92)36-15-11-12-27-69(93)82-35-33-70(94)85-63-44-56(29-31-65(63)102-72-28-17-25-66(103-72)74(97)98)21-18-40-100-76(99)88(37-19-42-104-81)39-41-101-80-48-77(5,6)47-78(7,50-80)49-79(8,51-80)52-83-55(4)60(43-54(3)10-2)58-30-32-68(84-64(58)46-91)89-38-34-57-22-16-23-59(61(57)45-89)73(96)87-75-86-62-24-13-14-26-67(62)105-75/h9,13-14,16,18,20-24,26,29-32,43-44,46,53,66,72,83H,10-12,15,17,19,25,27-28,33-42,45,47-52,81H2,1-8H3,(H,82,93)(H,85,94)(H,97,98)(H,86,87,96)/b20-9-,21-18+,54-43+,60-55+. The highest BCUT2D eigenvalue weighted by Crippen LogP contribution is 2.63. The van der Waals surface area contributed by atoms with Gasteiger partial charge in [-0.15, -0.1) is 0 Å². The van der Waals surface area contributed by atoms with Crippen LogP contribution in [-0.4, -0.2) is 149 Å². The third-order valence-corrected chi connectivity index (χ3v) is 21.4. The maximum absolute atomic E-state index is 14.1. The second-order valence-electron chi connectivity index (χ2n) is 29.7. The number of aliphatic carboxylic acids is 1. The van der Waals surface area contributed by atoms with Gasteiger partial charge in [0, 0.05) is 93.2 Å². The highest BCUT2D eigenvalue weighted by molar-refractivity contribution is 7.97. The predicted molar refractivity (Wildman–Crippen MR) is 413 cm³/mol. The van der Waals surface area contributed by atoms with Crippen molar-refractivity contribution < 1.29 is 62.4 Å². The molecule has 2 aliphatic carbocycles. The van der Waals surface area contributed by atoms with Gasteiger partial charge in [0.05, 0.1) is 28.1 Å². The third kappa shape index (κ3) is 22.6. The molecule has 25 heteroatoms. The molecule has 2 aromatic heterocycles. The van der Waals surface area contributed by atoms with Gasteiger partial charge in [0.2, 0.25) is 24.5 Å². The summed E-state index contributed by atoms with van der Waals surface area (Å²) in [4.78, 5) is 117. The number of anilines is 3. The summed E-state index contributed by atoms with van der Waals surface area (Å²) in [5.41, 5.74) is 7.60. The fourth-order valence-electron chi connectivity index (χ4n) is 15.9. The van der Waals surface area contributed by atoms with Gasteiger partial charge >= 0.3 is 12.1 Å². The van der Waals surface area contributed by atoms with Gasteiger partial charge in [0.1, 0.15) is 23.9 Å². The largest absolute Gasteiger partial charge is 0.479 e. The number of imide groups is 1. The number of para-hydroxylation sites is 1. The topological polar surface area (TPSA) is 303 Å². The zero-order chi connectivity index (χ0) is 75.3.